The van der Waals surface area contributed by atoms with Crippen LogP contribution in [-0.4, -0.2) is 50.3 Å². The van der Waals surface area contributed by atoms with Crippen molar-refractivity contribution in [3.63, 3.8) is 0 Å². The fourth-order valence-corrected chi connectivity index (χ4v) is 7.96. The number of amides is 2. The van der Waals surface area contributed by atoms with Gasteiger partial charge in [-0.05, 0) is 60.6 Å². The summed E-state index contributed by atoms with van der Waals surface area (Å²) in [6, 6.07) is 23.3. The van der Waals surface area contributed by atoms with Gasteiger partial charge in [-0.15, -0.1) is 23.1 Å². The molecule has 4 aromatic rings. The van der Waals surface area contributed by atoms with Crippen LogP contribution in [0, 0.1) is 12.3 Å². The number of carbonyl (C=O) groups is 2. The number of halogens is 3. The molecule has 4 rings (SSSR count). The molecule has 0 fully saturated rings. The molecule has 3 aromatic carbocycles. The maximum absolute atomic E-state index is 13.6. The molecular formula is C30H29F3N4O5S3. The number of amidine groups is 1. The Kier molecular flexibility index (Phi) is 11.8. The number of carboxylic acid groups (broad SMARTS) is 1. The molecule has 9 nitrogen and oxygen atoms in total. The Morgan fingerprint density at radius 3 is 2.27 bits per heavy atom. The lowest BCUT2D eigenvalue weighted by Gasteiger charge is -2.16. The van der Waals surface area contributed by atoms with E-state index in [1.807, 2.05) is 55.5 Å². The number of carboxylic acids is 1. The molecule has 0 saturated carbocycles. The molecule has 0 aliphatic heterocycles. The van der Waals surface area contributed by atoms with Gasteiger partial charge in [-0.2, -0.15) is 13.2 Å². The predicted octanol–water partition coefficient (Wildman–Crippen LogP) is 6.56. The van der Waals surface area contributed by atoms with E-state index in [-0.39, 0.29) is 21.7 Å². The molecule has 0 atom stereocenters. The van der Waals surface area contributed by atoms with Gasteiger partial charge in [0.05, 0.1) is 24.6 Å². The van der Waals surface area contributed by atoms with Crippen LogP contribution in [0.4, 0.5) is 23.7 Å². The highest BCUT2D eigenvalue weighted by molar-refractivity contribution is 8.01. The average molecular weight is 679 g/mol. The zero-order valence-corrected chi connectivity index (χ0v) is 26.4. The van der Waals surface area contributed by atoms with Crippen molar-refractivity contribution >= 4 is 56.5 Å². The minimum absolute atomic E-state index is 0.125. The number of aliphatic carboxylic acids is 1. The summed E-state index contributed by atoms with van der Waals surface area (Å²) in [4.78, 5) is 22.3. The minimum atomic E-state index is -5.08. The van der Waals surface area contributed by atoms with Crippen molar-refractivity contribution in [2.45, 2.75) is 33.5 Å². The van der Waals surface area contributed by atoms with Gasteiger partial charge in [0.2, 0.25) is 9.84 Å². The number of sulfone groups is 1. The second kappa shape index (κ2) is 15.1. The monoisotopic (exact) mass is 678 g/mol. The van der Waals surface area contributed by atoms with Crippen molar-refractivity contribution < 1.29 is 36.3 Å². The summed E-state index contributed by atoms with van der Waals surface area (Å²) in [5, 5.41) is 20.6. The molecule has 0 unspecified atom stereocenters. The number of carbonyl (C=O) groups excluding carboxylic acids is 1. The molecule has 1 aromatic heterocycles. The summed E-state index contributed by atoms with van der Waals surface area (Å²) < 4.78 is 59.5. The number of nitrogens with two attached hydrogens (primary N) is 1. The standard InChI is InChI=1S/C28H28N4O3S3.C2HF3O2/c1-18-8-6-13-22(32-28(33)31-15-14-19-9-4-3-5-10-19)25(18)20-11-7-12-21(16-20)38(34,35)24-17-23(26(29)30)37-27(24)36-2;3-2(4,5)1(6)7/h3-13,16-17H,14-15H2,1-2H3,(H3,29,30)(H2,31,32,33);(H,6,7). The van der Waals surface area contributed by atoms with Crippen LogP contribution in [0.3, 0.4) is 0 Å². The highest BCUT2D eigenvalue weighted by atomic mass is 32.2. The largest absolute Gasteiger partial charge is 0.490 e. The molecule has 238 valence electrons. The van der Waals surface area contributed by atoms with Gasteiger partial charge in [0.25, 0.3) is 0 Å². The molecule has 0 saturated heterocycles. The number of thioether (sulfide) groups is 1. The van der Waals surface area contributed by atoms with Gasteiger partial charge in [0.1, 0.15) is 5.84 Å². The van der Waals surface area contributed by atoms with Crippen molar-refractivity contribution in [3.05, 3.63) is 94.9 Å². The van der Waals surface area contributed by atoms with Crippen LogP contribution < -0.4 is 16.4 Å². The van der Waals surface area contributed by atoms with Gasteiger partial charge in [-0.25, -0.2) is 18.0 Å². The Bertz CT molecular complexity index is 1790. The van der Waals surface area contributed by atoms with E-state index in [1.54, 1.807) is 30.5 Å². The maximum Gasteiger partial charge on any atom is 0.490 e. The lowest BCUT2D eigenvalue weighted by molar-refractivity contribution is -0.192. The normalized spacial score (nSPS) is 11.2. The highest BCUT2D eigenvalue weighted by Gasteiger charge is 2.38. The smallest absolute Gasteiger partial charge is 0.475 e. The molecule has 45 heavy (non-hydrogen) atoms. The number of benzene rings is 3. The van der Waals surface area contributed by atoms with Crippen LogP contribution in [0.2, 0.25) is 0 Å². The van der Waals surface area contributed by atoms with Crippen LogP contribution in [0.25, 0.3) is 11.1 Å². The molecule has 0 aliphatic carbocycles. The number of rotatable bonds is 9. The van der Waals surface area contributed by atoms with E-state index >= 15 is 0 Å². The number of aryl methyl sites for hydroxylation is 1. The molecule has 0 bridgehead atoms. The maximum atomic E-state index is 13.6. The Morgan fingerprint density at radius 1 is 1.02 bits per heavy atom. The van der Waals surface area contributed by atoms with Gasteiger partial charge in [-0.3, -0.25) is 5.41 Å². The zero-order valence-electron chi connectivity index (χ0n) is 23.9. The first kappa shape index (κ1) is 35.1. The van der Waals surface area contributed by atoms with Crippen LogP contribution in [-0.2, 0) is 21.1 Å². The van der Waals surface area contributed by atoms with Gasteiger partial charge in [0.15, 0.2) is 0 Å². The van der Waals surface area contributed by atoms with Crippen molar-refractivity contribution in [1.29, 1.82) is 5.41 Å². The molecule has 0 radical (unpaired) electrons. The molecule has 0 aliphatic rings. The third-order valence-electron chi connectivity index (χ3n) is 6.14. The van der Waals surface area contributed by atoms with E-state index in [0.717, 1.165) is 16.7 Å². The number of hydrogen-bond donors (Lipinski definition) is 5. The number of nitrogen functional groups attached to an aromatic ring is 1. The number of nitrogens with one attached hydrogen (secondary N) is 3. The van der Waals surface area contributed by atoms with E-state index in [1.165, 1.54) is 29.2 Å². The molecule has 6 N–H and O–H groups in total. The van der Waals surface area contributed by atoms with E-state index in [9.17, 15) is 26.4 Å². The fraction of sp³-hybridized carbons (Fsp3) is 0.167. The van der Waals surface area contributed by atoms with Crippen molar-refractivity contribution in [1.82, 2.24) is 5.32 Å². The number of alkyl halides is 3. The average Bonchev–Trinajstić information content (AvgIpc) is 3.44. The molecule has 2 amide bonds. The van der Waals surface area contributed by atoms with E-state index < -0.39 is 22.0 Å². The topological polar surface area (TPSA) is 162 Å². The van der Waals surface area contributed by atoms with Gasteiger partial charge >= 0.3 is 18.2 Å². The Labute approximate surface area is 266 Å². The zero-order chi connectivity index (χ0) is 33.4. The molecule has 1 heterocycles. The minimum Gasteiger partial charge on any atom is -0.475 e. The SMILES string of the molecule is CSc1sc(C(=N)N)cc1S(=O)(=O)c1cccc(-c2c(C)cccc2NC(=O)NCCc2ccccc2)c1.O=C(O)C(F)(F)F. The first-order valence-corrected chi connectivity index (χ1v) is 16.5. The van der Waals surface area contributed by atoms with Crippen molar-refractivity contribution in [3.8, 4) is 11.1 Å². The second-order valence-corrected chi connectivity index (χ2v) is 13.4. The lowest BCUT2D eigenvalue weighted by atomic mass is 9.98. The fourth-order valence-electron chi connectivity index (χ4n) is 4.05. The second-order valence-electron chi connectivity index (χ2n) is 9.33. The summed E-state index contributed by atoms with van der Waals surface area (Å²) in [6.07, 6.45) is -2.58. The van der Waals surface area contributed by atoms with E-state index in [2.05, 4.69) is 10.6 Å². The third-order valence-corrected chi connectivity index (χ3v) is 10.5. The van der Waals surface area contributed by atoms with E-state index in [0.29, 0.717) is 33.3 Å². The summed E-state index contributed by atoms with van der Waals surface area (Å²) >= 11 is 2.49. The quantitative estimate of drug-likeness (QED) is 0.0761. The molecular weight excluding hydrogens is 650 g/mol. The van der Waals surface area contributed by atoms with Crippen molar-refractivity contribution in [2.75, 3.05) is 18.1 Å². The lowest BCUT2D eigenvalue weighted by Crippen LogP contribution is -2.30. The highest BCUT2D eigenvalue weighted by Crippen LogP contribution is 2.39. The molecule has 15 heteroatoms. The number of thiophene rings is 1. The van der Waals surface area contributed by atoms with Crippen LogP contribution in [0.5, 0.6) is 0 Å². The van der Waals surface area contributed by atoms with Gasteiger partial charge in [0, 0.05) is 12.1 Å². The summed E-state index contributed by atoms with van der Waals surface area (Å²) in [6.45, 7) is 2.39. The Morgan fingerprint density at radius 2 is 1.67 bits per heavy atom. The van der Waals surface area contributed by atoms with Gasteiger partial charge in [-0.1, -0.05) is 54.6 Å². The number of urea groups is 1. The first-order valence-electron chi connectivity index (χ1n) is 13.0. The first-order chi connectivity index (χ1) is 21.1. The summed E-state index contributed by atoms with van der Waals surface area (Å²) in [5.41, 5.74) is 9.62. The van der Waals surface area contributed by atoms with Gasteiger partial charge < -0.3 is 21.5 Å². The Hall–Kier alpha value is -4.34. The molecule has 0 spiro atoms. The van der Waals surface area contributed by atoms with Crippen molar-refractivity contribution in [2.24, 2.45) is 5.73 Å². The number of hydrogen-bond acceptors (Lipinski definition) is 7. The Balaban J connectivity index is 0.000000707. The van der Waals surface area contributed by atoms with E-state index in [4.69, 9.17) is 21.0 Å². The van der Waals surface area contributed by atoms with Crippen LogP contribution >= 0.6 is 23.1 Å². The van der Waals surface area contributed by atoms with Crippen LogP contribution in [0.1, 0.15) is 16.0 Å². The number of anilines is 1. The summed E-state index contributed by atoms with van der Waals surface area (Å²) in [7, 11) is -3.87. The van der Waals surface area contributed by atoms with Crippen LogP contribution in [0.15, 0.2) is 92.9 Å². The third kappa shape index (κ3) is 9.33. The predicted molar refractivity (Wildman–Crippen MR) is 170 cm³/mol. The summed E-state index contributed by atoms with van der Waals surface area (Å²) in [5.74, 6) is -2.93.